The van der Waals surface area contributed by atoms with Gasteiger partial charge in [0.25, 0.3) is 0 Å². The third-order valence-electron chi connectivity index (χ3n) is 3.42. The van der Waals surface area contributed by atoms with Crippen LogP contribution >= 0.6 is 0 Å². The third kappa shape index (κ3) is 1.70. The summed E-state index contributed by atoms with van der Waals surface area (Å²) in [6.07, 6.45) is 0. The molecule has 0 atom stereocenters. The summed E-state index contributed by atoms with van der Waals surface area (Å²) < 4.78 is 1.95. The lowest BCUT2D eigenvalue weighted by atomic mass is 10.0. The van der Waals surface area contributed by atoms with Crippen LogP contribution in [0, 0.1) is 13.8 Å². The normalized spacial score (nSPS) is 11.1. The summed E-state index contributed by atoms with van der Waals surface area (Å²) in [7, 11) is 1.99. The number of aromatic nitrogens is 2. The predicted molar refractivity (Wildman–Crippen MR) is 75.6 cm³/mol. The SMILES string of the molecule is Cc1ccc(-c2ccc3c(C)nn(C)c3c2)cc1. The van der Waals surface area contributed by atoms with Gasteiger partial charge in [0.15, 0.2) is 0 Å². The van der Waals surface area contributed by atoms with Gasteiger partial charge in [-0.05, 0) is 31.0 Å². The van der Waals surface area contributed by atoms with E-state index in [1.165, 1.54) is 27.6 Å². The molecule has 0 radical (unpaired) electrons. The molecule has 0 aliphatic heterocycles. The summed E-state index contributed by atoms with van der Waals surface area (Å²) in [6, 6.07) is 15.2. The lowest BCUT2D eigenvalue weighted by Crippen LogP contribution is -1.89. The van der Waals surface area contributed by atoms with Gasteiger partial charge in [0.1, 0.15) is 0 Å². The second-order valence-corrected chi connectivity index (χ2v) is 4.81. The van der Waals surface area contributed by atoms with E-state index in [0.717, 1.165) is 5.69 Å². The van der Waals surface area contributed by atoms with E-state index < -0.39 is 0 Å². The molecule has 0 amide bonds. The van der Waals surface area contributed by atoms with Gasteiger partial charge < -0.3 is 0 Å². The van der Waals surface area contributed by atoms with Crippen LogP contribution in [0.4, 0.5) is 0 Å². The molecule has 3 rings (SSSR count). The van der Waals surface area contributed by atoms with Crippen LogP contribution in [0.1, 0.15) is 11.3 Å². The Morgan fingerprint density at radius 3 is 2.28 bits per heavy atom. The molecule has 0 aliphatic carbocycles. The van der Waals surface area contributed by atoms with Crippen molar-refractivity contribution in [3.05, 3.63) is 53.7 Å². The van der Waals surface area contributed by atoms with E-state index in [1.807, 2.05) is 18.7 Å². The molecule has 0 fully saturated rings. The third-order valence-corrected chi connectivity index (χ3v) is 3.42. The molecule has 0 unspecified atom stereocenters. The Morgan fingerprint density at radius 2 is 1.56 bits per heavy atom. The van der Waals surface area contributed by atoms with E-state index in [1.54, 1.807) is 0 Å². The van der Waals surface area contributed by atoms with Gasteiger partial charge in [0.05, 0.1) is 11.2 Å². The first-order valence-electron chi connectivity index (χ1n) is 6.15. The zero-order valence-electron chi connectivity index (χ0n) is 10.9. The number of fused-ring (bicyclic) bond motifs is 1. The van der Waals surface area contributed by atoms with Gasteiger partial charge >= 0.3 is 0 Å². The fourth-order valence-corrected chi connectivity index (χ4v) is 2.36. The average Bonchev–Trinajstić information content (AvgIpc) is 2.66. The first kappa shape index (κ1) is 11.0. The van der Waals surface area contributed by atoms with Gasteiger partial charge in [-0.2, -0.15) is 5.10 Å². The molecule has 0 saturated heterocycles. The molecule has 90 valence electrons. The molecule has 18 heavy (non-hydrogen) atoms. The molecule has 3 aromatic rings. The van der Waals surface area contributed by atoms with E-state index in [-0.39, 0.29) is 0 Å². The Balaban J connectivity index is 2.18. The lowest BCUT2D eigenvalue weighted by Gasteiger charge is -2.03. The molecule has 2 nitrogen and oxygen atoms in total. The molecular formula is C16H16N2. The van der Waals surface area contributed by atoms with Crippen LogP contribution in [0.3, 0.4) is 0 Å². The van der Waals surface area contributed by atoms with Crippen molar-refractivity contribution in [3.63, 3.8) is 0 Å². The number of rotatable bonds is 1. The highest BCUT2D eigenvalue weighted by Crippen LogP contribution is 2.25. The highest BCUT2D eigenvalue weighted by Gasteiger charge is 2.06. The maximum atomic E-state index is 4.46. The van der Waals surface area contributed by atoms with Crippen LogP contribution in [-0.4, -0.2) is 9.78 Å². The van der Waals surface area contributed by atoms with E-state index >= 15 is 0 Å². The highest BCUT2D eigenvalue weighted by atomic mass is 15.3. The number of hydrogen-bond acceptors (Lipinski definition) is 1. The van der Waals surface area contributed by atoms with Gasteiger partial charge in [-0.1, -0.05) is 42.0 Å². The maximum Gasteiger partial charge on any atom is 0.0688 e. The van der Waals surface area contributed by atoms with Crippen LogP contribution in [0.2, 0.25) is 0 Å². The molecule has 2 heteroatoms. The summed E-state index contributed by atoms with van der Waals surface area (Å²) in [5, 5.41) is 5.69. The Hall–Kier alpha value is -2.09. The number of hydrogen-bond donors (Lipinski definition) is 0. The van der Waals surface area contributed by atoms with Crippen molar-refractivity contribution in [2.24, 2.45) is 7.05 Å². The van der Waals surface area contributed by atoms with Gasteiger partial charge in [-0.3, -0.25) is 4.68 Å². The van der Waals surface area contributed by atoms with Gasteiger partial charge in [0, 0.05) is 12.4 Å². The Bertz CT molecular complexity index is 706. The zero-order chi connectivity index (χ0) is 12.7. The van der Waals surface area contributed by atoms with Gasteiger partial charge in [-0.15, -0.1) is 0 Å². The quantitative estimate of drug-likeness (QED) is 0.627. The van der Waals surface area contributed by atoms with Gasteiger partial charge in [0.2, 0.25) is 0 Å². The standard InChI is InChI=1S/C16H16N2/c1-11-4-6-13(7-5-11)14-8-9-15-12(2)17-18(3)16(15)10-14/h4-10H,1-3H3. The Morgan fingerprint density at radius 1 is 0.889 bits per heavy atom. The van der Waals surface area contributed by atoms with Crippen molar-refractivity contribution < 1.29 is 0 Å². The molecule has 0 aliphatic rings. The van der Waals surface area contributed by atoms with Crippen molar-refractivity contribution in [1.82, 2.24) is 9.78 Å². The summed E-state index contributed by atoms with van der Waals surface area (Å²) in [5.74, 6) is 0. The number of nitrogens with zero attached hydrogens (tertiary/aromatic N) is 2. The van der Waals surface area contributed by atoms with E-state index in [2.05, 4.69) is 54.5 Å². The van der Waals surface area contributed by atoms with Crippen molar-refractivity contribution in [1.29, 1.82) is 0 Å². The first-order chi connectivity index (χ1) is 8.65. The van der Waals surface area contributed by atoms with E-state index in [4.69, 9.17) is 0 Å². The van der Waals surface area contributed by atoms with Crippen molar-refractivity contribution >= 4 is 10.9 Å². The lowest BCUT2D eigenvalue weighted by molar-refractivity contribution is 0.783. The number of benzene rings is 2. The average molecular weight is 236 g/mol. The fraction of sp³-hybridized carbons (Fsp3) is 0.188. The minimum Gasteiger partial charge on any atom is -0.268 e. The van der Waals surface area contributed by atoms with E-state index in [9.17, 15) is 0 Å². The molecule has 1 aromatic heterocycles. The summed E-state index contributed by atoms with van der Waals surface area (Å²) in [4.78, 5) is 0. The second kappa shape index (κ2) is 3.98. The Kier molecular flexibility index (Phi) is 2.44. The summed E-state index contributed by atoms with van der Waals surface area (Å²) in [5.41, 5.74) is 6.05. The van der Waals surface area contributed by atoms with Crippen LogP contribution in [0.5, 0.6) is 0 Å². The van der Waals surface area contributed by atoms with Crippen LogP contribution < -0.4 is 0 Å². The number of aryl methyl sites for hydroxylation is 3. The first-order valence-corrected chi connectivity index (χ1v) is 6.15. The molecule has 0 spiro atoms. The molecule has 0 saturated carbocycles. The molecule has 1 heterocycles. The van der Waals surface area contributed by atoms with Crippen LogP contribution in [-0.2, 0) is 7.05 Å². The van der Waals surface area contributed by atoms with Gasteiger partial charge in [-0.25, -0.2) is 0 Å². The van der Waals surface area contributed by atoms with Crippen molar-refractivity contribution in [3.8, 4) is 11.1 Å². The monoisotopic (exact) mass is 236 g/mol. The topological polar surface area (TPSA) is 17.8 Å². The molecule has 2 aromatic carbocycles. The van der Waals surface area contributed by atoms with Crippen molar-refractivity contribution in [2.45, 2.75) is 13.8 Å². The minimum absolute atomic E-state index is 1.09. The predicted octanol–water partition coefficient (Wildman–Crippen LogP) is 3.86. The van der Waals surface area contributed by atoms with Crippen molar-refractivity contribution in [2.75, 3.05) is 0 Å². The van der Waals surface area contributed by atoms with E-state index in [0.29, 0.717) is 0 Å². The van der Waals surface area contributed by atoms with Crippen LogP contribution in [0.25, 0.3) is 22.0 Å². The second-order valence-electron chi connectivity index (χ2n) is 4.81. The minimum atomic E-state index is 1.09. The Labute approximate surface area is 107 Å². The molecule has 0 N–H and O–H groups in total. The summed E-state index contributed by atoms with van der Waals surface area (Å²) >= 11 is 0. The fourth-order valence-electron chi connectivity index (χ4n) is 2.36. The summed E-state index contributed by atoms with van der Waals surface area (Å²) in [6.45, 7) is 4.16. The molecular weight excluding hydrogens is 220 g/mol. The largest absolute Gasteiger partial charge is 0.268 e. The molecule has 0 bridgehead atoms. The van der Waals surface area contributed by atoms with Crippen LogP contribution in [0.15, 0.2) is 42.5 Å². The zero-order valence-corrected chi connectivity index (χ0v) is 10.9. The maximum absolute atomic E-state index is 4.46. The highest BCUT2D eigenvalue weighted by molar-refractivity contribution is 5.86. The smallest absolute Gasteiger partial charge is 0.0688 e.